The lowest BCUT2D eigenvalue weighted by Gasteiger charge is -2.35. The third-order valence-corrected chi connectivity index (χ3v) is 3.83. The fourth-order valence-electron chi connectivity index (χ4n) is 2.68. The van der Waals surface area contributed by atoms with E-state index in [4.69, 9.17) is 4.74 Å². The topological polar surface area (TPSA) is 67.6 Å². The molecule has 0 spiro atoms. The van der Waals surface area contributed by atoms with Gasteiger partial charge in [0.05, 0.1) is 18.1 Å². The van der Waals surface area contributed by atoms with Gasteiger partial charge in [-0.1, -0.05) is 13.0 Å². The molecule has 0 saturated carbocycles. The average Bonchev–Trinajstić information content (AvgIpc) is 2.48. The van der Waals surface area contributed by atoms with Crippen molar-refractivity contribution in [1.29, 1.82) is 0 Å². The molecule has 1 fully saturated rings. The van der Waals surface area contributed by atoms with Gasteiger partial charge < -0.3 is 10.1 Å². The molecular weight excluding hydrogens is 270 g/mol. The number of nitrogens with zero attached hydrogens (tertiary/aromatic N) is 2. The van der Waals surface area contributed by atoms with E-state index in [2.05, 4.69) is 17.1 Å². The van der Waals surface area contributed by atoms with Crippen LogP contribution in [0.3, 0.4) is 0 Å². The van der Waals surface area contributed by atoms with Crippen LogP contribution in [0.5, 0.6) is 0 Å². The standard InChI is InChI=1S/C15H23N3O3/c1-3-13-11-21-8-7-17(13)10-12-5-6-15(18(19)20)14(9-12)16-4-2/h5-6,9,13,16H,3-4,7-8,10-11H2,1-2H3. The molecule has 1 N–H and O–H groups in total. The van der Waals surface area contributed by atoms with Gasteiger partial charge in [-0.2, -0.15) is 0 Å². The number of ether oxygens (including phenoxy) is 1. The summed E-state index contributed by atoms with van der Waals surface area (Å²) >= 11 is 0. The predicted molar refractivity (Wildman–Crippen MR) is 82.6 cm³/mol. The Morgan fingerprint density at radius 1 is 1.48 bits per heavy atom. The maximum absolute atomic E-state index is 11.0. The van der Waals surface area contributed by atoms with Crippen molar-refractivity contribution in [3.8, 4) is 0 Å². The second kappa shape index (κ2) is 7.38. The summed E-state index contributed by atoms with van der Waals surface area (Å²) in [6.45, 7) is 7.99. The van der Waals surface area contributed by atoms with Crippen molar-refractivity contribution >= 4 is 11.4 Å². The Bertz CT molecular complexity index is 493. The molecule has 1 atom stereocenters. The van der Waals surface area contributed by atoms with E-state index < -0.39 is 0 Å². The number of nitro groups is 1. The second-order valence-corrected chi connectivity index (χ2v) is 5.25. The van der Waals surface area contributed by atoms with Gasteiger partial charge in [0.1, 0.15) is 5.69 Å². The zero-order valence-corrected chi connectivity index (χ0v) is 12.7. The molecule has 1 unspecified atom stereocenters. The van der Waals surface area contributed by atoms with Gasteiger partial charge in [0.2, 0.25) is 0 Å². The van der Waals surface area contributed by atoms with Crippen LogP contribution in [-0.2, 0) is 11.3 Å². The summed E-state index contributed by atoms with van der Waals surface area (Å²) in [5.41, 5.74) is 1.83. The van der Waals surface area contributed by atoms with E-state index >= 15 is 0 Å². The molecule has 0 radical (unpaired) electrons. The highest BCUT2D eigenvalue weighted by atomic mass is 16.6. The Labute approximate surface area is 125 Å². The van der Waals surface area contributed by atoms with E-state index in [9.17, 15) is 10.1 Å². The van der Waals surface area contributed by atoms with Crippen LogP contribution in [0.2, 0.25) is 0 Å². The Kier molecular flexibility index (Phi) is 5.52. The van der Waals surface area contributed by atoms with Gasteiger partial charge in [0.25, 0.3) is 5.69 Å². The van der Waals surface area contributed by atoms with Crippen LogP contribution in [0.4, 0.5) is 11.4 Å². The molecule has 0 amide bonds. The minimum Gasteiger partial charge on any atom is -0.380 e. The number of anilines is 1. The normalized spacial score (nSPS) is 19.4. The molecule has 0 aromatic heterocycles. The zero-order chi connectivity index (χ0) is 15.2. The highest BCUT2D eigenvalue weighted by Gasteiger charge is 2.22. The minimum absolute atomic E-state index is 0.134. The molecule has 1 aliphatic rings. The average molecular weight is 293 g/mol. The second-order valence-electron chi connectivity index (χ2n) is 5.25. The van der Waals surface area contributed by atoms with Gasteiger partial charge >= 0.3 is 0 Å². The first-order valence-electron chi connectivity index (χ1n) is 7.48. The summed E-state index contributed by atoms with van der Waals surface area (Å²) in [5.74, 6) is 0. The van der Waals surface area contributed by atoms with Crippen LogP contribution in [0.15, 0.2) is 18.2 Å². The summed E-state index contributed by atoms with van der Waals surface area (Å²) in [5, 5.41) is 14.1. The van der Waals surface area contributed by atoms with E-state index in [0.717, 1.165) is 38.3 Å². The van der Waals surface area contributed by atoms with Gasteiger partial charge in [-0.05, 0) is 25.0 Å². The fourth-order valence-corrected chi connectivity index (χ4v) is 2.68. The molecule has 0 aliphatic carbocycles. The summed E-state index contributed by atoms with van der Waals surface area (Å²) in [6, 6.07) is 5.76. The van der Waals surface area contributed by atoms with Crippen LogP contribution in [0, 0.1) is 10.1 Å². The lowest BCUT2D eigenvalue weighted by atomic mass is 10.1. The molecular formula is C15H23N3O3. The molecule has 1 aromatic carbocycles. The highest BCUT2D eigenvalue weighted by molar-refractivity contribution is 5.62. The summed E-state index contributed by atoms with van der Waals surface area (Å²) in [6.07, 6.45) is 1.05. The quantitative estimate of drug-likeness (QED) is 0.645. The van der Waals surface area contributed by atoms with Gasteiger partial charge in [0, 0.05) is 31.7 Å². The van der Waals surface area contributed by atoms with Crippen LogP contribution in [-0.4, -0.2) is 42.2 Å². The van der Waals surface area contributed by atoms with Gasteiger partial charge in [-0.15, -0.1) is 0 Å². The number of hydrogen-bond donors (Lipinski definition) is 1. The summed E-state index contributed by atoms with van der Waals surface area (Å²) < 4.78 is 5.51. The number of hydrogen-bond acceptors (Lipinski definition) is 5. The Morgan fingerprint density at radius 2 is 2.29 bits per heavy atom. The first-order valence-corrected chi connectivity index (χ1v) is 7.48. The van der Waals surface area contributed by atoms with Crippen LogP contribution < -0.4 is 5.32 Å². The molecule has 0 bridgehead atoms. The number of benzene rings is 1. The summed E-state index contributed by atoms with van der Waals surface area (Å²) in [7, 11) is 0. The first-order chi connectivity index (χ1) is 10.2. The third-order valence-electron chi connectivity index (χ3n) is 3.83. The monoisotopic (exact) mass is 293 g/mol. The van der Waals surface area contributed by atoms with Crippen molar-refractivity contribution in [2.75, 3.05) is 31.6 Å². The fraction of sp³-hybridized carbons (Fsp3) is 0.600. The van der Waals surface area contributed by atoms with Crippen molar-refractivity contribution in [2.24, 2.45) is 0 Å². The van der Waals surface area contributed by atoms with Gasteiger partial charge in [-0.25, -0.2) is 0 Å². The summed E-state index contributed by atoms with van der Waals surface area (Å²) in [4.78, 5) is 13.1. The maximum Gasteiger partial charge on any atom is 0.292 e. The van der Waals surface area contributed by atoms with E-state index in [1.165, 1.54) is 0 Å². The number of nitro benzene ring substituents is 1. The molecule has 1 aromatic rings. The SMILES string of the molecule is CCNc1cc(CN2CCOCC2CC)ccc1[N+](=O)[O-]. The predicted octanol–water partition coefficient (Wildman–Crippen LogP) is 2.64. The molecule has 1 aliphatic heterocycles. The van der Waals surface area contributed by atoms with E-state index in [1.54, 1.807) is 6.07 Å². The first kappa shape index (κ1) is 15.7. The van der Waals surface area contributed by atoms with E-state index in [-0.39, 0.29) is 10.6 Å². The third kappa shape index (κ3) is 3.92. The van der Waals surface area contributed by atoms with Crippen LogP contribution in [0.25, 0.3) is 0 Å². The van der Waals surface area contributed by atoms with Crippen molar-refractivity contribution in [3.63, 3.8) is 0 Å². The molecule has 1 saturated heterocycles. The molecule has 6 heteroatoms. The lowest BCUT2D eigenvalue weighted by Crippen LogP contribution is -2.44. The van der Waals surface area contributed by atoms with Crippen LogP contribution >= 0.6 is 0 Å². The van der Waals surface area contributed by atoms with Crippen molar-refractivity contribution in [3.05, 3.63) is 33.9 Å². The Morgan fingerprint density at radius 3 is 2.95 bits per heavy atom. The number of nitrogens with one attached hydrogen (secondary N) is 1. The largest absolute Gasteiger partial charge is 0.380 e. The van der Waals surface area contributed by atoms with Gasteiger partial charge in [0.15, 0.2) is 0 Å². The van der Waals surface area contributed by atoms with E-state index in [0.29, 0.717) is 18.3 Å². The van der Waals surface area contributed by atoms with Crippen molar-refractivity contribution in [1.82, 2.24) is 4.90 Å². The molecule has 21 heavy (non-hydrogen) atoms. The van der Waals surface area contributed by atoms with E-state index in [1.807, 2.05) is 19.1 Å². The molecule has 116 valence electrons. The zero-order valence-electron chi connectivity index (χ0n) is 12.7. The molecule has 2 rings (SSSR count). The number of morpholine rings is 1. The van der Waals surface area contributed by atoms with Crippen molar-refractivity contribution in [2.45, 2.75) is 32.9 Å². The molecule has 6 nitrogen and oxygen atoms in total. The van der Waals surface area contributed by atoms with Crippen LogP contribution in [0.1, 0.15) is 25.8 Å². The lowest BCUT2D eigenvalue weighted by molar-refractivity contribution is -0.384. The Balaban J connectivity index is 2.16. The maximum atomic E-state index is 11.0. The molecule has 1 heterocycles. The highest BCUT2D eigenvalue weighted by Crippen LogP contribution is 2.26. The minimum atomic E-state index is -0.342. The van der Waals surface area contributed by atoms with Crippen molar-refractivity contribution < 1.29 is 9.66 Å². The van der Waals surface area contributed by atoms with Gasteiger partial charge in [-0.3, -0.25) is 15.0 Å². The smallest absolute Gasteiger partial charge is 0.292 e. The number of rotatable bonds is 6. The Hall–Kier alpha value is -1.66.